The molecule has 0 bridgehead atoms. The highest BCUT2D eigenvalue weighted by molar-refractivity contribution is 5.99. The van der Waals surface area contributed by atoms with Gasteiger partial charge in [0.15, 0.2) is 0 Å². The highest BCUT2D eigenvalue weighted by atomic mass is 19.1. The Balaban J connectivity index is 1.44. The summed E-state index contributed by atoms with van der Waals surface area (Å²) in [6, 6.07) is 16.5. The van der Waals surface area contributed by atoms with Crippen molar-refractivity contribution in [1.82, 2.24) is 14.8 Å². The highest BCUT2D eigenvalue weighted by Gasteiger charge is 2.22. The van der Waals surface area contributed by atoms with E-state index in [1.54, 1.807) is 29.1 Å². The van der Waals surface area contributed by atoms with Crippen LogP contribution >= 0.6 is 0 Å². The number of amides is 3. The van der Waals surface area contributed by atoms with Crippen molar-refractivity contribution in [2.75, 3.05) is 16.0 Å². The number of carbonyl (C=O) groups is 2. The molecule has 10 heteroatoms. The van der Waals surface area contributed by atoms with E-state index in [0.29, 0.717) is 11.6 Å². The third-order valence-corrected chi connectivity index (χ3v) is 5.72. The van der Waals surface area contributed by atoms with Crippen molar-refractivity contribution in [3.8, 4) is 11.4 Å². The monoisotopic (exact) mass is 530 g/mol. The van der Waals surface area contributed by atoms with Gasteiger partial charge >= 0.3 is 6.03 Å². The molecule has 0 atom stereocenters. The lowest BCUT2D eigenvalue weighted by molar-refractivity contribution is -0.114. The van der Waals surface area contributed by atoms with Gasteiger partial charge in [-0.15, -0.1) is 0 Å². The number of benzene rings is 2. The number of nitrogens with zero attached hydrogens (tertiary/aromatic N) is 3. The average Bonchev–Trinajstić information content (AvgIpc) is 3.29. The molecule has 4 aromatic rings. The van der Waals surface area contributed by atoms with Crippen molar-refractivity contribution >= 4 is 29.3 Å². The van der Waals surface area contributed by atoms with E-state index in [1.165, 1.54) is 19.1 Å². The van der Waals surface area contributed by atoms with E-state index < -0.39 is 11.8 Å². The van der Waals surface area contributed by atoms with E-state index in [-0.39, 0.29) is 29.4 Å². The zero-order valence-electron chi connectivity index (χ0n) is 22.5. The maximum Gasteiger partial charge on any atom is 0.324 e. The van der Waals surface area contributed by atoms with Gasteiger partial charge in [0.05, 0.1) is 17.1 Å². The summed E-state index contributed by atoms with van der Waals surface area (Å²) in [4.78, 5) is 28.1. The molecular weight excluding hydrogens is 499 g/mol. The number of urea groups is 1. The molecule has 0 aliphatic carbocycles. The van der Waals surface area contributed by atoms with Crippen LogP contribution in [-0.4, -0.2) is 26.7 Å². The summed E-state index contributed by atoms with van der Waals surface area (Å²) >= 11 is 0. The number of ether oxygens (including phenoxy) is 1. The molecule has 0 saturated carbocycles. The van der Waals surface area contributed by atoms with Crippen LogP contribution in [0, 0.1) is 12.7 Å². The summed E-state index contributed by atoms with van der Waals surface area (Å²) in [6.07, 6.45) is 1.55. The van der Waals surface area contributed by atoms with E-state index in [2.05, 4.69) is 20.9 Å². The predicted molar refractivity (Wildman–Crippen MR) is 149 cm³/mol. The smallest absolute Gasteiger partial charge is 0.324 e. The van der Waals surface area contributed by atoms with Gasteiger partial charge in [0.1, 0.15) is 29.8 Å². The second-order valence-electron chi connectivity index (χ2n) is 10.2. The Bertz CT molecular complexity index is 1490. The van der Waals surface area contributed by atoms with Gasteiger partial charge in [0, 0.05) is 30.7 Å². The maximum atomic E-state index is 14.8. The van der Waals surface area contributed by atoms with Crippen molar-refractivity contribution in [2.24, 2.45) is 0 Å². The molecule has 2 aromatic heterocycles. The summed E-state index contributed by atoms with van der Waals surface area (Å²) in [5.41, 5.74) is 3.19. The van der Waals surface area contributed by atoms with Crippen LogP contribution in [0.1, 0.15) is 44.5 Å². The lowest BCUT2D eigenvalue weighted by Gasteiger charge is -2.14. The van der Waals surface area contributed by atoms with E-state index in [4.69, 9.17) is 9.84 Å². The number of rotatable bonds is 7. The second-order valence-corrected chi connectivity index (χ2v) is 10.2. The quantitative estimate of drug-likeness (QED) is 0.264. The number of pyridine rings is 1. The zero-order valence-corrected chi connectivity index (χ0v) is 22.5. The van der Waals surface area contributed by atoms with E-state index in [0.717, 1.165) is 22.5 Å². The van der Waals surface area contributed by atoms with Crippen molar-refractivity contribution in [2.45, 2.75) is 46.6 Å². The van der Waals surface area contributed by atoms with Crippen LogP contribution in [0.4, 0.5) is 26.5 Å². The molecule has 9 nitrogen and oxygen atoms in total. The highest BCUT2D eigenvalue weighted by Crippen LogP contribution is 2.27. The Morgan fingerprint density at radius 3 is 2.38 bits per heavy atom. The number of hydrogen-bond acceptors (Lipinski definition) is 5. The Hall–Kier alpha value is -4.73. The Labute approximate surface area is 226 Å². The number of aromatic nitrogens is 3. The van der Waals surface area contributed by atoms with Gasteiger partial charge in [0.25, 0.3) is 0 Å². The molecule has 202 valence electrons. The molecular formula is C29H31FN6O3. The number of nitrogens with one attached hydrogen (secondary N) is 3. The van der Waals surface area contributed by atoms with Crippen molar-refractivity contribution in [3.05, 3.63) is 89.5 Å². The fourth-order valence-corrected chi connectivity index (χ4v) is 3.66. The first-order valence-electron chi connectivity index (χ1n) is 12.4. The Morgan fingerprint density at radius 1 is 0.974 bits per heavy atom. The van der Waals surface area contributed by atoms with Crippen LogP contribution in [0.15, 0.2) is 66.9 Å². The molecule has 3 N–H and O–H groups in total. The Kier molecular flexibility index (Phi) is 7.94. The SMILES string of the molecule is CC(=O)Nc1cc(COc2ccc(NC(=O)Nc3cc(C(C)(C)C)nn3-c3ccc(C)cc3)c(F)c2)ccn1. The third-order valence-electron chi connectivity index (χ3n) is 5.72. The lowest BCUT2D eigenvalue weighted by atomic mass is 9.92. The van der Waals surface area contributed by atoms with Gasteiger partial charge in [-0.25, -0.2) is 18.9 Å². The number of aryl methyl sites for hydroxylation is 1. The van der Waals surface area contributed by atoms with Gasteiger partial charge in [0.2, 0.25) is 5.91 Å². The molecule has 4 rings (SSSR count). The fraction of sp³-hybridized carbons (Fsp3) is 0.241. The van der Waals surface area contributed by atoms with Crippen LogP contribution in [0.2, 0.25) is 0 Å². The average molecular weight is 531 g/mol. The number of anilines is 3. The number of hydrogen-bond donors (Lipinski definition) is 3. The zero-order chi connectivity index (χ0) is 28.2. The van der Waals surface area contributed by atoms with Crippen LogP contribution < -0.4 is 20.7 Å². The first-order chi connectivity index (χ1) is 18.5. The molecule has 2 heterocycles. The first kappa shape index (κ1) is 27.3. The maximum absolute atomic E-state index is 14.8. The van der Waals surface area contributed by atoms with Crippen LogP contribution in [0.5, 0.6) is 5.75 Å². The molecule has 0 unspecified atom stereocenters. The molecule has 0 aliphatic rings. The fourth-order valence-electron chi connectivity index (χ4n) is 3.66. The molecule has 0 aliphatic heterocycles. The molecule has 0 saturated heterocycles. The lowest BCUT2D eigenvalue weighted by Crippen LogP contribution is -2.22. The van der Waals surface area contributed by atoms with Crippen molar-refractivity contribution in [1.29, 1.82) is 0 Å². The third kappa shape index (κ3) is 7.19. The predicted octanol–water partition coefficient (Wildman–Crippen LogP) is 6.19. The van der Waals surface area contributed by atoms with Crippen LogP contribution in [0.25, 0.3) is 5.69 Å². The first-order valence-corrected chi connectivity index (χ1v) is 12.4. The van der Waals surface area contributed by atoms with Gasteiger partial charge in [-0.05, 0) is 48.9 Å². The minimum atomic E-state index is -0.654. The van der Waals surface area contributed by atoms with Gasteiger partial charge in [-0.1, -0.05) is 38.5 Å². The normalized spacial score (nSPS) is 11.1. The molecule has 0 radical (unpaired) electrons. The van der Waals surface area contributed by atoms with Crippen LogP contribution in [-0.2, 0) is 16.8 Å². The summed E-state index contributed by atoms with van der Waals surface area (Å²) in [6.45, 7) is 9.64. The molecule has 0 fully saturated rings. The van der Waals surface area contributed by atoms with Gasteiger partial charge in [-0.2, -0.15) is 5.10 Å². The minimum Gasteiger partial charge on any atom is -0.489 e. The topological polar surface area (TPSA) is 110 Å². The van der Waals surface area contributed by atoms with E-state index in [9.17, 15) is 14.0 Å². The summed E-state index contributed by atoms with van der Waals surface area (Å²) in [5, 5.41) is 12.6. The Morgan fingerprint density at radius 2 is 1.72 bits per heavy atom. The largest absolute Gasteiger partial charge is 0.489 e. The standard InChI is InChI=1S/C29H31FN6O3/c1-18-6-8-21(9-7-18)36-27(16-25(35-36)29(3,4)5)34-28(38)33-24-11-10-22(15-23(24)30)39-17-20-12-13-31-26(14-20)32-19(2)37/h6-16H,17H2,1-5H3,(H,31,32,37)(H2,33,34,38). The second kappa shape index (κ2) is 11.3. The van der Waals surface area contributed by atoms with Gasteiger partial charge in [-0.3, -0.25) is 10.1 Å². The van der Waals surface area contributed by atoms with Crippen molar-refractivity contribution in [3.63, 3.8) is 0 Å². The molecule has 0 spiro atoms. The summed E-state index contributed by atoms with van der Waals surface area (Å²) in [7, 11) is 0. The summed E-state index contributed by atoms with van der Waals surface area (Å²) in [5.74, 6) is 0.252. The van der Waals surface area contributed by atoms with E-state index in [1.807, 2.05) is 58.0 Å². The summed E-state index contributed by atoms with van der Waals surface area (Å²) < 4.78 is 22.2. The molecule has 3 amide bonds. The molecule has 2 aromatic carbocycles. The molecule has 39 heavy (non-hydrogen) atoms. The van der Waals surface area contributed by atoms with Crippen LogP contribution in [0.3, 0.4) is 0 Å². The number of halogens is 1. The minimum absolute atomic E-state index is 0.00542. The van der Waals surface area contributed by atoms with E-state index >= 15 is 0 Å². The van der Waals surface area contributed by atoms with Crippen molar-refractivity contribution < 1.29 is 18.7 Å². The van der Waals surface area contributed by atoms with Gasteiger partial charge < -0.3 is 15.4 Å². The number of carbonyl (C=O) groups excluding carboxylic acids is 2.